The van der Waals surface area contributed by atoms with Crippen LogP contribution >= 0.6 is 11.6 Å². The highest BCUT2D eigenvalue weighted by atomic mass is 35.5. The maximum Gasteiger partial charge on any atom is 0.407 e. The monoisotopic (exact) mass is 402 g/mol. The number of ether oxygens (including phenoxy) is 1. The highest BCUT2D eigenvalue weighted by molar-refractivity contribution is 6.31. The molecular weight excluding hydrogens is 384 g/mol. The topological polar surface area (TPSA) is 100 Å². The first-order valence-electron chi connectivity index (χ1n) is 8.83. The summed E-state index contributed by atoms with van der Waals surface area (Å²) in [5, 5.41) is 10.3. The van der Waals surface area contributed by atoms with E-state index >= 15 is 0 Å². The van der Waals surface area contributed by atoms with Gasteiger partial charge in [0.25, 0.3) is 5.56 Å². The van der Waals surface area contributed by atoms with E-state index in [-0.39, 0.29) is 17.7 Å². The van der Waals surface area contributed by atoms with Crippen molar-refractivity contribution < 1.29 is 14.6 Å². The van der Waals surface area contributed by atoms with E-state index in [1.807, 2.05) is 32.0 Å². The first-order valence-corrected chi connectivity index (χ1v) is 9.21. The van der Waals surface area contributed by atoms with E-state index in [4.69, 9.17) is 16.3 Å². The van der Waals surface area contributed by atoms with Crippen LogP contribution in [0, 0.1) is 6.92 Å². The van der Waals surface area contributed by atoms with Gasteiger partial charge >= 0.3 is 6.09 Å². The third kappa shape index (κ3) is 3.04. The molecule has 1 unspecified atom stereocenters. The molecule has 0 spiro atoms. The number of fused-ring (bicyclic) bond motifs is 1. The molecule has 9 heteroatoms. The second kappa shape index (κ2) is 6.96. The van der Waals surface area contributed by atoms with Gasteiger partial charge in [-0.05, 0) is 43.2 Å². The zero-order valence-corrected chi connectivity index (χ0v) is 16.1. The Balaban J connectivity index is 1.77. The van der Waals surface area contributed by atoms with E-state index in [1.54, 1.807) is 10.6 Å². The van der Waals surface area contributed by atoms with Crippen molar-refractivity contribution >= 4 is 28.7 Å². The Morgan fingerprint density at radius 3 is 2.89 bits per heavy atom. The van der Waals surface area contributed by atoms with Crippen LogP contribution < -0.4 is 5.56 Å². The SMILES string of the molecule is Cc1cc(-n2c(Cl)cc3c(=O)[nH]cnc32)ccc1[C@H]1COC(C)CN1C(=O)O. The molecule has 0 saturated carbocycles. The molecule has 0 radical (unpaired) electrons. The van der Waals surface area contributed by atoms with Gasteiger partial charge in [0.15, 0.2) is 5.65 Å². The zero-order valence-electron chi connectivity index (χ0n) is 15.3. The Labute approximate surface area is 165 Å². The van der Waals surface area contributed by atoms with E-state index in [1.165, 1.54) is 11.2 Å². The number of morpholine rings is 1. The summed E-state index contributed by atoms with van der Waals surface area (Å²) in [5.41, 5.74) is 2.71. The number of aryl methyl sites for hydroxylation is 1. The molecule has 1 aliphatic rings. The van der Waals surface area contributed by atoms with Gasteiger partial charge in [-0.1, -0.05) is 17.7 Å². The van der Waals surface area contributed by atoms with Crippen molar-refractivity contribution in [1.29, 1.82) is 0 Å². The maximum absolute atomic E-state index is 12.0. The maximum atomic E-state index is 12.0. The summed E-state index contributed by atoms with van der Waals surface area (Å²) in [6.07, 6.45) is 0.233. The van der Waals surface area contributed by atoms with Crippen LogP contribution in [0.4, 0.5) is 4.79 Å². The largest absolute Gasteiger partial charge is 0.465 e. The Kier molecular flexibility index (Phi) is 4.60. The number of hydrogen-bond acceptors (Lipinski definition) is 4. The van der Waals surface area contributed by atoms with Crippen molar-refractivity contribution in [2.45, 2.75) is 26.0 Å². The minimum absolute atomic E-state index is 0.138. The molecule has 146 valence electrons. The van der Waals surface area contributed by atoms with Gasteiger partial charge < -0.3 is 14.8 Å². The lowest BCUT2D eigenvalue weighted by molar-refractivity contribution is -0.0466. The highest BCUT2D eigenvalue weighted by Gasteiger charge is 2.32. The predicted octanol–water partition coefficient (Wildman–Crippen LogP) is 3.12. The quantitative estimate of drug-likeness (QED) is 0.686. The molecular formula is C19H19ClN4O4. The van der Waals surface area contributed by atoms with Crippen LogP contribution in [0.5, 0.6) is 0 Å². The van der Waals surface area contributed by atoms with E-state index in [2.05, 4.69) is 9.97 Å². The third-order valence-electron chi connectivity index (χ3n) is 5.04. The molecule has 1 fully saturated rings. The van der Waals surface area contributed by atoms with Gasteiger partial charge in [-0.25, -0.2) is 9.78 Å². The van der Waals surface area contributed by atoms with Gasteiger partial charge in [0.05, 0.1) is 37.0 Å². The van der Waals surface area contributed by atoms with Crippen LogP contribution in [0.25, 0.3) is 16.7 Å². The summed E-state index contributed by atoms with van der Waals surface area (Å²) in [4.78, 5) is 31.9. The van der Waals surface area contributed by atoms with Crippen molar-refractivity contribution in [1.82, 2.24) is 19.4 Å². The lowest BCUT2D eigenvalue weighted by atomic mass is 9.98. The predicted molar refractivity (Wildman–Crippen MR) is 104 cm³/mol. The summed E-state index contributed by atoms with van der Waals surface area (Å²) < 4.78 is 7.38. The number of nitrogens with one attached hydrogen (secondary N) is 1. The molecule has 2 N–H and O–H groups in total. The van der Waals surface area contributed by atoms with E-state index < -0.39 is 6.09 Å². The van der Waals surface area contributed by atoms with Crippen LogP contribution in [-0.2, 0) is 4.74 Å². The van der Waals surface area contributed by atoms with Crippen LogP contribution in [-0.4, -0.2) is 49.9 Å². The molecule has 2 atom stereocenters. The molecule has 28 heavy (non-hydrogen) atoms. The fourth-order valence-electron chi connectivity index (χ4n) is 3.68. The number of nitrogens with zero attached hydrogens (tertiary/aromatic N) is 3. The lowest BCUT2D eigenvalue weighted by Crippen LogP contribution is -2.46. The molecule has 3 heterocycles. The van der Waals surface area contributed by atoms with Crippen molar-refractivity contribution in [3.05, 3.63) is 57.2 Å². The van der Waals surface area contributed by atoms with Gasteiger partial charge in [0, 0.05) is 5.69 Å². The van der Waals surface area contributed by atoms with Crippen molar-refractivity contribution in [3.63, 3.8) is 0 Å². The smallest absolute Gasteiger partial charge is 0.407 e. The number of aromatic amines is 1. The average molecular weight is 403 g/mol. The summed E-state index contributed by atoms with van der Waals surface area (Å²) in [6, 6.07) is 6.82. The Morgan fingerprint density at radius 2 is 2.18 bits per heavy atom. The highest BCUT2D eigenvalue weighted by Crippen LogP contribution is 2.31. The van der Waals surface area contributed by atoms with Crippen molar-refractivity contribution in [2.75, 3.05) is 13.2 Å². The van der Waals surface area contributed by atoms with Crippen LogP contribution in [0.1, 0.15) is 24.1 Å². The normalized spacial score (nSPS) is 19.9. The van der Waals surface area contributed by atoms with E-state index in [0.717, 1.165) is 16.8 Å². The van der Waals surface area contributed by atoms with Gasteiger partial charge in [-0.3, -0.25) is 14.3 Å². The zero-order chi connectivity index (χ0) is 20.0. The molecule has 1 aromatic carbocycles. The van der Waals surface area contributed by atoms with E-state index in [0.29, 0.717) is 29.3 Å². The Hall–Kier alpha value is -2.84. The lowest BCUT2D eigenvalue weighted by Gasteiger charge is -2.37. The molecule has 4 rings (SSSR count). The molecule has 1 aliphatic heterocycles. The molecule has 8 nitrogen and oxygen atoms in total. The van der Waals surface area contributed by atoms with Crippen LogP contribution in [0.15, 0.2) is 35.4 Å². The average Bonchev–Trinajstić information content (AvgIpc) is 2.99. The second-order valence-electron chi connectivity index (χ2n) is 6.91. The number of carbonyl (C=O) groups is 1. The van der Waals surface area contributed by atoms with Crippen LogP contribution in [0.2, 0.25) is 5.15 Å². The summed E-state index contributed by atoms with van der Waals surface area (Å²) in [5.74, 6) is 0. The Morgan fingerprint density at radius 1 is 1.39 bits per heavy atom. The number of amides is 1. The van der Waals surface area contributed by atoms with Gasteiger partial charge in [0.1, 0.15) is 5.15 Å². The number of halogens is 1. The number of hydrogen-bond donors (Lipinski definition) is 2. The van der Waals surface area contributed by atoms with Gasteiger partial charge in [0.2, 0.25) is 0 Å². The minimum Gasteiger partial charge on any atom is -0.465 e. The second-order valence-corrected chi connectivity index (χ2v) is 7.29. The molecule has 1 amide bonds. The number of aromatic nitrogens is 3. The fourth-order valence-corrected chi connectivity index (χ4v) is 3.97. The van der Waals surface area contributed by atoms with Gasteiger partial charge in [-0.15, -0.1) is 0 Å². The summed E-state index contributed by atoms with van der Waals surface area (Å²) in [6.45, 7) is 4.40. The first-order chi connectivity index (χ1) is 13.4. The molecule has 3 aromatic rings. The minimum atomic E-state index is -0.966. The molecule has 2 aromatic heterocycles. The number of carboxylic acid groups (broad SMARTS) is 1. The molecule has 0 aliphatic carbocycles. The van der Waals surface area contributed by atoms with E-state index in [9.17, 15) is 14.7 Å². The first kappa shape index (κ1) is 18.5. The standard InChI is InChI=1S/C19H19ClN4O4/c1-10-5-12(24-16(20)6-14-17(24)21-9-22-18(14)25)3-4-13(10)15-8-28-11(2)7-23(15)19(26)27/h3-6,9,11,15H,7-8H2,1-2H3,(H,26,27)(H,21,22,25)/t11?,15-/m1/s1. The number of benzene rings is 1. The van der Waals surface area contributed by atoms with Crippen LogP contribution in [0.3, 0.4) is 0 Å². The number of H-pyrrole nitrogens is 1. The van der Waals surface area contributed by atoms with Crippen molar-refractivity contribution in [3.8, 4) is 5.69 Å². The molecule has 1 saturated heterocycles. The van der Waals surface area contributed by atoms with Crippen molar-refractivity contribution in [2.24, 2.45) is 0 Å². The molecule has 0 bridgehead atoms. The number of rotatable bonds is 2. The fraction of sp³-hybridized carbons (Fsp3) is 0.316. The summed E-state index contributed by atoms with van der Waals surface area (Å²) in [7, 11) is 0. The Bertz CT molecular complexity index is 1120. The summed E-state index contributed by atoms with van der Waals surface area (Å²) >= 11 is 6.36. The third-order valence-corrected chi connectivity index (χ3v) is 5.32. The van der Waals surface area contributed by atoms with Gasteiger partial charge in [-0.2, -0.15) is 0 Å².